The molecule has 2 aromatic rings. The minimum atomic E-state index is 0.571. The van der Waals surface area contributed by atoms with E-state index in [1.54, 1.807) is 0 Å². The molecule has 0 saturated carbocycles. The third kappa shape index (κ3) is 2.97. The Balaban J connectivity index is 2.25. The quantitative estimate of drug-likeness (QED) is 0.929. The SMILES string of the molecule is CNc1cccc(Oc2ccc(C)cc2Br)n1. The third-order valence-electron chi connectivity index (χ3n) is 2.28. The first kappa shape index (κ1) is 11.9. The fourth-order valence-corrected chi connectivity index (χ4v) is 1.99. The highest BCUT2D eigenvalue weighted by molar-refractivity contribution is 9.10. The van der Waals surface area contributed by atoms with Crippen LogP contribution in [0.1, 0.15) is 5.56 Å². The number of benzene rings is 1. The van der Waals surface area contributed by atoms with Crippen molar-refractivity contribution in [2.75, 3.05) is 12.4 Å². The highest BCUT2D eigenvalue weighted by atomic mass is 79.9. The molecule has 0 unspecified atom stereocenters. The standard InChI is InChI=1S/C13H13BrN2O/c1-9-6-7-11(10(14)8-9)17-13-5-3-4-12(15-2)16-13/h3-8H,1-2H3,(H,15,16). The molecule has 3 nitrogen and oxygen atoms in total. The number of aromatic nitrogens is 1. The van der Waals surface area contributed by atoms with Crippen molar-refractivity contribution in [1.29, 1.82) is 0 Å². The van der Waals surface area contributed by atoms with E-state index in [9.17, 15) is 0 Å². The van der Waals surface area contributed by atoms with E-state index in [0.717, 1.165) is 16.0 Å². The molecule has 0 saturated heterocycles. The van der Waals surface area contributed by atoms with Gasteiger partial charge in [-0.15, -0.1) is 0 Å². The molecule has 1 aromatic heterocycles. The molecule has 4 heteroatoms. The second-order valence-corrected chi connectivity index (χ2v) is 4.50. The molecule has 1 aromatic carbocycles. The summed E-state index contributed by atoms with van der Waals surface area (Å²) >= 11 is 3.47. The summed E-state index contributed by atoms with van der Waals surface area (Å²) in [7, 11) is 1.83. The molecule has 0 bridgehead atoms. The molecular formula is C13H13BrN2O. The van der Waals surface area contributed by atoms with Crippen LogP contribution in [0.5, 0.6) is 11.6 Å². The number of hydrogen-bond acceptors (Lipinski definition) is 3. The van der Waals surface area contributed by atoms with Crippen LogP contribution in [-0.2, 0) is 0 Å². The molecule has 17 heavy (non-hydrogen) atoms. The number of rotatable bonds is 3. The molecule has 0 radical (unpaired) electrons. The van der Waals surface area contributed by atoms with Gasteiger partial charge in [0.2, 0.25) is 5.88 Å². The smallest absolute Gasteiger partial charge is 0.221 e. The van der Waals surface area contributed by atoms with Crippen LogP contribution in [0.25, 0.3) is 0 Å². The Kier molecular flexibility index (Phi) is 3.64. The monoisotopic (exact) mass is 292 g/mol. The van der Waals surface area contributed by atoms with Gasteiger partial charge >= 0.3 is 0 Å². The van der Waals surface area contributed by atoms with Gasteiger partial charge in [0.1, 0.15) is 11.6 Å². The van der Waals surface area contributed by atoms with Crippen LogP contribution in [0, 0.1) is 6.92 Å². The van der Waals surface area contributed by atoms with E-state index in [4.69, 9.17) is 4.74 Å². The Bertz CT molecular complexity index is 529. The van der Waals surface area contributed by atoms with Gasteiger partial charge in [-0.25, -0.2) is 0 Å². The Hall–Kier alpha value is -1.55. The maximum Gasteiger partial charge on any atom is 0.221 e. The average Bonchev–Trinajstić information content (AvgIpc) is 2.33. The third-order valence-corrected chi connectivity index (χ3v) is 2.90. The lowest BCUT2D eigenvalue weighted by molar-refractivity contribution is 0.461. The van der Waals surface area contributed by atoms with Gasteiger partial charge in [0.05, 0.1) is 4.47 Å². The maximum absolute atomic E-state index is 5.71. The zero-order valence-corrected chi connectivity index (χ0v) is 11.3. The number of pyridine rings is 1. The second kappa shape index (κ2) is 5.19. The first-order valence-corrected chi connectivity index (χ1v) is 6.07. The van der Waals surface area contributed by atoms with Crippen molar-refractivity contribution >= 4 is 21.7 Å². The topological polar surface area (TPSA) is 34.1 Å². The minimum Gasteiger partial charge on any atom is -0.438 e. The summed E-state index contributed by atoms with van der Waals surface area (Å²) in [5.41, 5.74) is 1.18. The van der Waals surface area contributed by atoms with Crippen molar-refractivity contribution in [2.24, 2.45) is 0 Å². The summed E-state index contributed by atoms with van der Waals surface area (Å²) in [6.07, 6.45) is 0. The first-order chi connectivity index (χ1) is 8.19. The van der Waals surface area contributed by atoms with Crippen LogP contribution in [-0.4, -0.2) is 12.0 Å². The van der Waals surface area contributed by atoms with Crippen LogP contribution in [0.15, 0.2) is 40.9 Å². The van der Waals surface area contributed by atoms with Gasteiger partial charge in [-0.05, 0) is 46.6 Å². The molecule has 0 amide bonds. The molecule has 2 rings (SSSR count). The van der Waals surface area contributed by atoms with E-state index in [2.05, 4.69) is 26.2 Å². The number of nitrogens with one attached hydrogen (secondary N) is 1. The van der Waals surface area contributed by atoms with E-state index < -0.39 is 0 Å². The molecular weight excluding hydrogens is 280 g/mol. The summed E-state index contributed by atoms with van der Waals surface area (Å²) in [6, 6.07) is 11.5. The van der Waals surface area contributed by atoms with Gasteiger partial charge in [-0.1, -0.05) is 12.1 Å². The van der Waals surface area contributed by atoms with Crippen molar-refractivity contribution in [3.05, 3.63) is 46.4 Å². The van der Waals surface area contributed by atoms with Crippen molar-refractivity contribution in [3.63, 3.8) is 0 Å². The zero-order chi connectivity index (χ0) is 12.3. The molecule has 0 aliphatic rings. The number of halogens is 1. The normalized spacial score (nSPS) is 10.1. The van der Waals surface area contributed by atoms with Gasteiger partial charge < -0.3 is 10.1 Å². The predicted molar refractivity (Wildman–Crippen MR) is 72.7 cm³/mol. The molecule has 0 fully saturated rings. The van der Waals surface area contributed by atoms with Gasteiger partial charge in [0.25, 0.3) is 0 Å². The van der Waals surface area contributed by atoms with Crippen molar-refractivity contribution in [3.8, 4) is 11.6 Å². The van der Waals surface area contributed by atoms with E-state index >= 15 is 0 Å². The highest BCUT2D eigenvalue weighted by Gasteiger charge is 2.04. The Labute approximate surface area is 109 Å². The Morgan fingerprint density at radius 1 is 1.24 bits per heavy atom. The summed E-state index contributed by atoms with van der Waals surface area (Å²) in [6.45, 7) is 2.04. The van der Waals surface area contributed by atoms with Gasteiger partial charge in [-0.3, -0.25) is 0 Å². The van der Waals surface area contributed by atoms with Crippen LogP contribution >= 0.6 is 15.9 Å². The molecule has 0 atom stereocenters. The number of nitrogens with zero attached hydrogens (tertiary/aromatic N) is 1. The number of ether oxygens (including phenoxy) is 1. The highest BCUT2D eigenvalue weighted by Crippen LogP contribution is 2.29. The lowest BCUT2D eigenvalue weighted by Gasteiger charge is -2.08. The number of anilines is 1. The zero-order valence-electron chi connectivity index (χ0n) is 9.70. The van der Waals surface area contributed by atoms with E-state index in [-0.39, 0.29) is 0 Å². The maximum atomic E-state index is 5.71. The summed E-state index contributed by atoms with van der Waals surface area (Å²) in [5.74, 6) is 2.11. The molecule has 0 aliphatic carbocycles. The van der Waals surface area contributed by atoms with Crippen LogP contribution in [0.2, 0.25) is 0 Å². The van der Waals surface area contributed by atoms with E-state index in [1.807, 2.05) is 50.4 Å². The largest absolute Gasteiger partial charge is 0.438 e. The van der Waals surface area contributed by atoms with Gasteiger partial charge in [0, 0.05) is 13.1 Å². The summed E-state index contributed by atoms with van der Waals surface area (Å²) < 4.78 is 6.63. The first-order valence-electron chi connectivity index (χ1n) is 5.28. The van der Waals surface area contributed by atoms with Crippen molar-refractivity contribution < 1.29 is 4.74 Å². The lowest BCUT2D eigenvalue weighted by atomic mass is 10.2. The molecule has 88 valence electrons. The van der Waals surface area contributed by atoms with E-state index in [1.165, 1.54) is 5.56 Å². The van der Waals surface area contributed by atoms with Gasteiger partial charge in [-0.2, -0.15) is 4.98 Å². The van der Waals surface area contributed by atoms with Crippen molar-refractivity contribution in [2.45, 2.75) is 6.92 Å². The molecule has 0 aliphatic heterocycles. The molecule has 0 spiro atoms. The van der Waals surface area contributed by atoms with E-state index in [0.29, 0.717) is 5.88 Å². The molecule has 1 N–H and O–H groups in total. The summed E-state index contributed by atoms with van der Waals surface area (Å²) in [4.78, 5) is 4.30. The lowest BCUT2D eigenvalue weighted by Crippen LogP contribution is -1.94. The number of hydrogen-bond donors (Lipinski definition) is 1. The van der Waals surface area contributed by atoms with Crippen LogP contribution < -0.4 is 10.1 Å². The van der Waals surface area contributed by atoms with Crippen LogP contribution in [0.4, 0.5) is 5.82 Å². The van der Waals surface area contributed by atoms with Gasteiger partial charge in [0.15, 0.2) is 0 Å². The fraction of sp³-hybridized carbons (Fsp3) is 0.154. The number of aryl methyl sites for hydroxylation is 1. The van der Waals surface area contributed by atoms with Crippen LogP contribution in [0.3, 0.4) is 0 Å². The summed E-state index contributed by atoms with van der Waals surface area (Å²) in [5, 5.41) is 2.97. The Morgan fingerprint density at radius 3 is 2.76 bits per heavy atom. The Morgan fingerprint density at radius 2 is 2.06 bits per heavy atom. The average molecular weight is 293 g/mol. The molecule has 1 heterocycles. The fourth-order valence-electron chi connectivity index (χ4n) is 1.41. The predicted octanol–water partition coefficient (Wildman–Crippen LogP) is 3.99. The minimum absolute atomic E-state index is 0.571. The second-order valence-electron chi connectivity index (χ2n) is 3.65. The van der Waals surface area contributed by atoms with Crippen molar-refractivity contribution in [1.82, 2.24) is 4.98 Å².